The van der Waals surface area contributed by atoms with Crippen molar-refractivity contribution in [2.75, 3.05) is 19.8 Å². The molecule has 270 valence electrons. The largest absolute Gasteiger partial charge is 0.472 e. The molecule has 9 nitrogen and oxygen atoms in total. The maximum absolute atomic E-state index is 12.7. The second-order valence-corrected chi connectivity index (χ2v) is 14.4. The maximum atomic E-state index is 12.7. The third kappa shape index (κ3) is 30.5. The molecule has 0 aromatic carbocycles. The molecule has 1 amide bonds. The molecule has 0 fully saturated rings. The quantitative estimate of drug-likeness (QED) is 0.0334. The lowest BCUT2D eigenvalue weighted by Gasteiger charge is -2.25. The average molecular weight is 665 g/mol. The zero-order valence-electron chi connectivity index (χ0n) is 29.2. The molecule has 4 unspecified atom stereocenters. The highest BCUT2D eigenvalue weighted by molar-refractivity contribution is 7.47. The first-order chi connectivity index (χ1) is 21.8. The number of unbranched alkanes of at least 4 members (excludes halogenated alkanes) is 21. The maximum Gasteiger partial charge on any atom is 0.472 e. The van der Waals surface area contributed by atoms with E-state index in [0.29, 0.717) is 12.8 Å². The van der Waals surface area contributed by atoms with Crippen molar-refractivity contribution in [2.45, 2.75) is 199 Å². The van der Waals surface area contributed by atoms with Gasteiger partial charge in [0.15, 0.2) is 0 Å². The Morgan fingerprint density at radius 1 is 0.667 bits per heavy atom. The predicted molar refractivity (Wildman–Crippen MR) is 186 cm³/mol. The smallest absolute Gasteiger partial charge is 0.393 e. The summed E-state index contributed by atoms with van der Waals surface area (Å²) in [5.74, 6) is -0.415. The molecule has 0 aliphatic rings. The van der Waals surface area contributed by atoms with Gasteiger partial charge in [-0.15, -0.1) is 0 Å². The molecule has 0 aromatic heterocycles. The molecular weight excluding hydrogens is 591 g/mol. The van der Waals surface area contributed by atoms with E-state index in [2.05, 4.69) is 19.2 Å². The third-order valence-corrected chi connectivity index (χ3v) is 9.50. The molecule has 4 atom stereocenters. The van der Waals surface area contributed by atoms with E-state index in [1.807, 2.05) is 0 Å². The number of rotatable bonds is 35. The van der Waals surface area contributed by atoms with Crippen molar-refractivity contribution in [1.29, 1.82) is 0 Å². The van der Waals surface area contributed by atoms with Gasteiger partial charge in [0.1, 0.15) is 0 Å². The minimum absolute atomic E-state index is 0.0618. The second kappa shape index (κ2) is 32.0. The van der Waals surface area contributed by atoms with E-state index in [-0.39, 0.29) is 26.2 Å². The Morgan fingerprint density at radius 2 is 1.07 bits per heavy atom. The molecule has 0 radical (unpaired) electrons. The number of carbonyl (C=O) groups excluding carboxylic acids is 1. The number of aliphatic hydroxyl groups is 2. The number of carbonyl (C=O) groups is 1. The molecule has 0 heterocycles. The highest BCUT2D eigenvalue weighted by Crippen LogP contribution is 2.43. The minimum atomic E-state index is -4.35. The van der Waals surface area contributed by atoms with Crippen LogP contribution in [0, 0.1) is 0 Å². The SMILES string of the molecule is CCCCCCCCCCCCCCCCCCC(O)CC(=O)NC(COP(=O)(O)OCCN)C(O)CCCCCCCCC. The van der Waals surface area contributed by atoms with Gasteiger partial charge in [0.05, 0.1) is 37.9 Å². The number of phosphoric acid groups is 1. The van der Waals surface area contributed by atoms with Crippen molar-refractivity contribution in [2.24, 2.45) is 5.73 Å². The molecular formula is C35H73N2O7P. The topological polar surface area (TPSA) is 151 Å². The van der Waals surface area contributed by atoms with Crippen LogP contribution in [0.3, 0.4) is 0 Å². The van der Waals surface area contributed by atoms with Crippen LogP contribution >= 0.6 is 7.82 Å². The zero-order valence-corrected chi connectivity index (χ0v) is 30.1. The summed E-state index contributed by atoms with van der Waals surface area (Å²) in [4.78, 5) is 22.6. The summed E-state index contributed by atoms with van der Waals surface area (Å²) in [6, 6.07) is -0.887. The van der Waals surface area contributed by atoms with E-state index in [1.54, 1.807) is 0 Å². The highest BCUT2D eigenvalue weighted by atomic mass is 31.2. The molecule has 0 saturated heterocycles. The minimum Gasteiger partial charge on any atom is -0.393 e. The van der Waals surface area contributed by atoms with Gasteiger partial charge in [-0.25, -0.2) is 4.57 Å². The molecule has 0 rings (SSSR count). The summed E-state index contributed by atoms with van der Waals surface area (Å²) in [5.41, 5.74) is 5.33. The van der Waals surface area contributed by atoms with E-state index in [1.165, 1.54) is 103 Å². The fourth-order valence-corrected chi connectivity index (χ4v) is 6.41. The molecule has 45 heavy (non-hydrogen) atoms. The van der Waals surface area contributed by atoms with Crippen LogP contribution in [0.2, 0.25) is 0 Å². The van der Waals surface area contributed by atoms with Crippen molar-refractivity contribution in [3.05, 3.63) is 0 Å². The van der Waals surface area contributed by atoms with Gasteiger partial charge in [0.25, 0.3) is 0 Å². The lowest BCUT2D eigenvalue weighted by atomic mass is 10.0. The molecule has 0 aliphatic carbocycles. The molecule has 0 spiro atoms. The normalized spacial score (nSPS) is 15.1. The van der Waals surface area contributed by atoms with Crippen molar-refractivity contribution < 1.29 is 33.5 Å². The van der Waals surface area contributed by atoms with Crippen molar-refractivity contribution in [3.63, 3.8) is 0 Å². The molecule has 0 aromatic rings. The van der Waals surface area contributed by atoms with Gasteiger partial charge < -0.3 is 26.2 Å². The first kappa shape index (κ1) is 44.5. The Labute approximate surface area is 276 Å². The van der Waals surface area contributed by atoms with Crippen LogP contribution in [0.5, 0.6) is 0 Å². The highest BCUT2D eigenvalue weighted by Gasteiger charge is 2.28. The molecule has 0 bridgehead atoms. The van der Waals surface area contributed by atoms with Crippen LogP contribution in [-0.4, -0.2) is 59.0 Å². The van der Waals surface area contributed by atoms with Crippen LogP contribution in [0.4, 0.5) is 0 Å². The van der Waals surface area contributed by atoms with E-state index < -0.39 is 32.0 Å². The second-order valence-electron chi connectivity index (χ2n) is 13.0. The Morgan fingerprint density at radius 3 is 1.49 bits per heavy atom. The molecule has 0 saturated carbocycles. The Balaban J connectivity index is 4.20. The Kier molecular flexibility index (Phi) is 31.6. The summed E-state index contributed by atoms with van der Waals surface area (Å²) >= 11 is 0. The molecule has 10 heteroatoms. The monoisotopic (exact) mass is 665 g/mol. The van der Waals surface area contributed by atoms with Crippen molar-refractivity contribution in [1.82, 2.24) is 5.32 Å². The number of nitrogens with two attached hydrogens (primary N) is 1. The van der Waals surface area contributed by atoms with E-state index >= 15 is 0 Å². The molecule has 6 N–H and O–H groups in total. The number of hydrogen-bond acceptors (Lipinski definition) is 7. The van der Waals surface area contributed by atoms with Crippen LogP contribution in [0.15, 0.2) is 0 Å². The van der Waals surface area contributed by atoms with Crippen LogP contribution in [0.25, 0.3) is 0 Å². The number of nitrogens with one attached hydrogen (secondary N) is 1. The number of phosphoric ester groups is 1. The summed E-state index contributed by atoms with van der Waals surface area (Å²) in [6.45, 7) is 3.99. The Bertz CT molecular complexity index is 701. The van der Waals surface area contributed by atoms with Gasteiger partial charge in [-0.3, -0.25) is 13.8 Å². The lowest BCUT2D eigenvalue weighted by molar-refractivity contribution is -0.125. The van der Waals surface area contributed by atoms with E-state index in [0.717, 1.165) is 44.9 Å². The summed E-state index contributed by atoms with van der Waals surface area (Å²) in [5, 5.41) is 23.9. The van der Waals surface area contributed by atoms with Gasteiger partial charge in [-0.05, 0) is 12.8 Å². The third-order valence-electron chi connectivity index (χ3n) is 8.52. The first-order valence-corrected chi connectivity index (χ1v) is 20.2. The first-order valence-electron chi connectivity index (χ1n) is 18.7. The predicted octanol–water partition coefficient (Wildman–Crippen LogP) is 8.47. The van der Waals surface area contributed by atoms with Gasteiger partial charge in [0, 0.05) is 6.54 Å². The Hall–Kier alpha value is -0.540. The van der Waals surface area contributed by atoms with E-state index in [9.17, 15) is 24.5 Å². The van der Waals surface area contributed by atoms with Crippen LogP contribution in [0.1, 0.15) is 181 Å². The number of amides is 1. The van der Waals surface area contributed by atoms with Crippen LogP contribution in [-0.2, 0) is 18.4 Å². The number of aliphatic hydroxyl groups excluding tert-OH is 2. The van der Waals surface area contributed by atoms with Gasteiger partial charge in [-0.1, -0.05) is 162 Å². The van der Waals surface area contributed by atoms with Crippen molar-refractivity contribution in [3.8, 4) is 0 Å². The van der Waals surface area contributed by atoms with Gasteiger partial charge >= 0.3 is 7.82 Å². The number of hydrogen-bond donors (Lipinski definition) is 5. The summed E-state index contributed by atoms with van der Waals surface area (Å²) in [6.07, 6.45) is 27.4. The van der Waals surface area contributed by atoms with Gasteiger partial charge in [0.2, 0.25) is 5.91 Å². The fraction of sp³-hybridized carbons (Fsp3) is 0.971. The summed E-state index contributed by atoms with van der Waals surface area (Å²) < 4.78 is 21.9. The van der Waals surface area contributed by atoms with Gasteiger partial charge in [-0.2, -0.15) is 0 Å². The average Bonchev–Trinajstić information content (AvgIpc) is 3.01. The standard InChI is InChI=1S/C35H73N2O7P/c1-3-5-7-9-11-12-13-14-15-16-17-18-19-21-22-24-26-32(38)30-35(40)37-33(31-44-45(41,42)43-29-28-36)34(39)27-25-23-20-10-8-6-4-2/h32-34,38-39H,3-31,36H2,1-2H3,(H,37,40)(H,41,42). The van der Waals surface area contributed by atoms with Crippen molar-refractivity contribution >= 4 is 13.7 Å². The lowest BCUT2D eigenvalue weighted by Crippen LogP contribution is -2.47. The fourth-order valence-electron chi connectivity index (χ4n) is 5.65. The van der Waals surface area contributed by atoms with Crippen LogP contribution < -0.4 is 11.1 Å². The zero-order chi connectivity index (χ0) is 33.4. The van der Waals surface area contributed by atoms with E-state index in [4.69, 9.17) is 14.8 Å². The molecule has 0 aliphatic heterocycles. The summed E-state index contributed by atoms with van der Waals surface area (Å²) in [7, 11) is -4.35.